The quantitative estimate of drug-likeness (QED) is 0.512. The van der Waals surface area contributed by atoms with Crippen LogP contribution < -0.4 is 0 Å². The second-order valence-corrected chi connectivity index (χ2v) is 4.02. The third-order valence-electron chi connectivity index (χ3n) is 2.23. The maximum atomic E-state index is 5.59. The van der Waals surface area contributed by atoms with Gasteiger partial charge in [-0.3, -0.25) is 0 Å². The van der Waals surface area contributed by atoms with Gasteiger partial charge < -0.3 is 4.52 Å². The fraction of sp³-hybridized carbons (Fsp3) is 0.727. The van der Waals surface area contributed by atoms with Gasteiger partial charge in [-0.25, -0.2) is 0 Å². The van der Waals surface area contributed by atoms with Crippen LogP contribution in [0.2, 0.25) is 0 Å². The van der Waals surface area contributed by atoms with Crippen LogP contribution in [-0.4, -0.2) is 11.0 Å². The number of hydrogen-bond donors (Lipinski definition) is 0. The molecule has 0 atom stereocenters. The highest BCUT2D eigenvalue weighted by atomic mass is 35.5. The molecule has 1 aromatic rings. The molecule has 0 bridgehead atoms. The van der Waals surface area contributed by atoms with E-state index in [2.05, 4.69) is 5.16 Å². The molecular weight excluding hydrogens is 198 g/mol. The Morgan fingerprint density at radius 2 is 1.93 bits per heavy atom. The molecule has 1 heterocycles. The third kappa shape index (κ3) is 4.66. The van der Waals surface area contributed by atoms with Gasteiger partial charge in [0.15, 0.2) is 0 Å². The fourth-order valence-corrected chi connectivity index (χ4v) is 1.65. The SMILES string of the molecule is Cc1cc(CCCCCCCCl)on1. The molecule has 3 heteroatoms. The van der Waals surface area contributed by atoms with Crippen LogP contribution >= 0.6 is 11.6 Å². The average molecular weight is 216 g/mol. The molecule has 0 saturated heterocycles. The number of unbranched alkanes of at least 4 members (excludes halogenated alkanes) is 4. The van der Waals surface area contributed by atoms with Gasteiger partial charge in [-0.1, -0.05) is 24.4 Å². The molecule has 0 unspecified atom stereocenters. The summed E-state index contributed by atoms with van der Waals surface area (Å²) in [6.07, 6.45) is 7.14. The highest BCUT2D eigenvalue weighted by Crippen LogP contribution is 2.10. The summed E-state index contributed by atoms with van der Waals surface area (Å²) >= 11 is 5.59. The number of hydrogen-bond acceptors (Lipinski definition) is 2. The zero-order chi connectivity index (χ0) is 10.2. The van der Waals surface area contributed by atoms with E-state index in [9.17, 15) is 0 Å². The standard InChI is InChI=1S/C11H18ClNO/c1-10-9-11(14-13-10)7-5-3-2-4-6-8-12/h9H,2-8H2,1H3. The van der Waals surface area contributed by atoms with Crippen molar-refractivity contribution in [3.8, 4) is 0 Å². The smallest absolute Gasteiger partial charge is 0.136 e. The van der Waals surface area contributed by atoms with Crippen molar-refractivity contribution in [2.45, 2.75) is 45.4 Å². The fourth-order valence-electron chi connectivity index (χ4n) is 1.46. The lowest BCUT2D eigenvalue weighted by atomic mass is 10.1. The van der Waals surface area contributed by atoms with Crippen LogP contribution in [0.3, 0.4) is 0 Å². The van der Waals surface area contributed by atoms with E-state index in [1.807, 2.05) is 13.0 Å². The molecule has 14 heavy (non-hydrogen) atoms. The van der Waals surface area contributed by atoms with Gasteiger partial charge in [-0.2, -0.15) is 0 Å². The van der Waals surface area contributed by atoms with Crippen molar-refractivity contribution >= 4 is 11.6 Å². The lowest BCUT2D eigenvalue weighted by Crippen LogP contribution is -1.84. The normalized spacial score (nSPS) is 10.7. The van der Waals surface area contributed by atoms with Crippen molar-refractivity contribution in [2.24, 2.45) is 0 Å². The van der Waals surface area contributed by atoms with E-state index in [4.69, 9.17) is 16.1 Å². The molecular formula is C11H18ClNO. The van der Waals surface area contributed by atoms with Gasteiger partial charge in [0.05, 0.1) is 5.69 Å². The Labute approximate surface area is 90.6 Å². The van der Waals surface area contributed by atoms with E-state index in [1.54, 1.807) is 0 Å². The lowest BCUT2D eigenvalue weighted by Gasteiger charge is -1.97. The van der Waals surface area contributed by atoms with Gasteiger partial charge in [-0.15, -0.1) is 11.6 Å². The van der Waals surface area contributed by atoms with Crippen molar-refractivity contribution in [1.82, 2.24) is 5.16 Å². The zero-order valence-corrected chi connectivity index (χ0v) is 9.52. The minimum atomic E-state index is 0.793. The molecule has 80 valence electrons. The number of aryl methyl sites for hydroxylation is 2. The number of aromatic nitrogens is 1. The van der Waals surface area contributed by atoms with Crippen molar-refractivity contribution in [3.05, 3.63) is 17.5 Å². The first-order chi connectivity index (χ1) is 6.83. The van der Waals surface area contributed by atoms with Gasteiger partial charge in [0.2, 0.25) is 0 Å². The summed E-state index contributed by atoms with van der Waals surface area (Å²) in [6.45, 7) is 1.95. The number of halogens is 1. The maximum absolute atomic E-state index is 5.59. The Morgan fingerprint density at radius 3 is 2.57 bits per heavy atom. The molecule has 0 aliphatic carbocycles. The number of alkyl halides is 1. The largest absolute Gasteiger partial charge is 0.361 e. The highest BCUT2D eigenvalue weighted by molar-refractivity contribution is 6.17. The number of rotatable bonds is 7. The first-order valence-electron chi connectivity index (χ1n) is 5.31. The molecule has 0 N–H and O–H groups in total. The minimum Gasteiger partial charge on any atom is -0.361 e. The van der Waals surface area contributed by atoms with E-state index >= 15 is 0 Å². The van der Waals surface area contributed by atoms with E-state index in [1.165, 1.54) is 25.7 Å². The highest BCUT2D eigenvalue weighted by Gasteiger charge is 1.99. The molecule has 0 aromatic carbocycles. The molecule has 0 fully saturated rings. The first-order valence-corrected chi connectivity index (χ1v) is 5.84. The third-order valence-corrected chi connectivity index (χ3v) is 2.50. The zero-order valence-electron chi connectivity index (χ0n) is 8.76. The molecule has 0 aliphatic heterocycles. The summed E-state index contributed by atoms with van der Waals surface area (Å²) in [5, 5.41) is 3.85. The van der Waals surface area contributed by atoms with E-state index < -0.39 is 0 Å². The van der Waals surface area contributed by atoms with Crippen LogP contribution in [0.1, 0.15) is 43.6 Å². The summed E-state index contributed by atoms with van der Waals surface area (Å²) < 4.78 is 5.12. The van der Waals surface area contributed by atoms with Crippen molar-refractivity contribution in [3.63, 3.8) is 0 Å². The topological polar surface area (TPSA) is 26.0 Å². The summed E-state index contributed by atoms with van der Waals surface area (Å²) in [5.41, 5.74) is 0.974. The Balaban J connectivity index is 1.99. The van der Waals surface area contributed by atoms with Crippen LogP contribution in [0.15, 0.2) is 10.6 Å². The van der Waals surface area contributed by atoms with Crippen LogP contribution in [-0.2, 0) is 6.42 Å². The predicted octanol–water partition coefficient (Wildman–Crippen LogP) is 3.71. The maximum Gasteiger partial charge on any atom is 0.136 e. The lowest BCUT2D eigenvalue weighted by molar-refractivity contribution is 0.375. The van der Waals surface area contributed by atoms with Crippen LogP contribution in [0, 0.1) is 6.92 Å². The van der Waals surface area contributed by atoms with Crippen molar-refractivity contribution in [2.75, 3.05) is 5.88 Å². The van der Waals surface area contributed by atoms with Crippen LogP contribution in [0.4, 0.5) is 0 Å². The van der Waals surface area contributed by atoms with E-state index in [-0.39, 0.29) is 0 Å². The summed E-state index contributed by atoms with van der Waals surface area (Å²) in [6, 6.07) is 2.01. The van der Waals surface area contributed by atoms with Crippen molar-refractivity contribution < 1.29 is 4.52 Å². The van der Waals surface area contributed by atoms with Gasteiger partial charge in [0, 0.05) is 18.4 Å². The Hall–Kier alpha value is -0.500. The Morgan fingerprint density at radius 1 is 1.21 bits per heavy atom. The molecule has 0 amide bonds. The number of nitrogens with zero attached hydrogens (tertiary/aromatic N) is 1. The monoisotopic (exact) mass is 215 g/mol. The van der Waals surface area contributed by atoms with Gasteiger partial charge in [0.25, 0.3) is 0 Å². The average Bonchev–Trinajstić information content (AvgIpc) is 2.58. The van der Waals surface area contributed by atoms with E-state index in [0.717, 1.165) is 30.2 Å². The molecule has 0 saturated carbocycles. The van der Waals surface area contributed by atoms with Crippen LogP contribution in [0.25, 0.3) is 0 Å². The van der Waals surface area contributed by atoms with Gasteiger partial charge in [0.1, 0.15) is 5.76 Å². The molecule has 1 aromatic heterocycles. The second kappa shape index (κ2) is 6.88. The summed E-state index contributed by atoms with van der Waals surface area (Å²) in [7, 11) is 0. The summed E-state index contributed by atoms with van der Waals surface area (Å²) in [4.78, 5) is 0. The predicted molar refractivity (Wildman–Crippen MR) is 58.7 cm³/mol. The second-order valence-electron chi connectivity index (χ2n) is 3.64. The molecule has 1 rings (SSSR count). The van der Waals surface area contributed by atoms with Crippen LogP contribution in [0.5, 0.6) is 0 Å². The van der Waals surface area contributed by atoms with Crippen molar-refractivity contribution in [1.29, 1.82) is 0 Å². The Bertz CT molecular complexity index is 247. The first kappa shape index (κ1) is 11.6. The summed E-state index contributed by atoms with van der Waals surface area (Å²) in [5.74, 6) is 1.81. The minimum absolute atomic E-state index is 0.793. The van der Waals surface area contributed by atoms with Gasteiger partial charge >= 0.3 is 0 Å². The molecule has 0 radical (unpaired) electrons. The van der Waals surface area contributed by atoms with Gasteiger partial charge in [-0.05, 0) is 19.8 Å². The molecule has 0 aliphatic rings. The van der Waals surface area contributed by atoms with E-state index in [0.29, 0.717) is 0 Å². The molecule has 2 nitrogen and oxygen atoms in total. The Kier molecular flexibility index (Phi) is 5.69. The molecule has 0 spiro atoms.